The Kier molecular flexibility index (Phi) is 3.35. The second-order valence-electron chi connectivity index (χ2n) is 4.45. The molecule has 2 aromatic heterocycles. The van der Waals surface area contributed by atoms with E-state index in [2.05, 4.69) is 9.97 Å². The van der Waals surface area contributed by atoms with Crippen LogP contribution in [0.4, 0.5) is 5.82 Å². The van der Waals surface area contributed by atoms with Crippen molar-refractivity contribution in [2.24, 2.45) is 0 Å². The first kappa shape index (κ1) is 13.6. The molecule has 0 aliphatic heterocycles. The molecular weight excluding hydrogens is 290 g/mol. The summed E-state index contributed by atoms with van der Waals surface area (Å²) in [5, 5.41) is 2.26. The van der Waals surface area contributed by atoms with Gasteiger partial charge in [-0.15, -0.1) is 0 Å². The van der Waals surface area contributed by atoms with E-state index in [9.17, 15) is 4.79 Å². The number of fused-ring (bicyclic) bond motifs is 3. The number of hydrogen-bond acceptors (Lipinski definition) is 5. The van der Waals surface area contributed by atoms with Crippen LogP contribution >= 0.6 is 11.6 Å². The number of nitrogens with zero attached hydrogens (tertiary/aromatic N) is 2. The van der Waals surface area contributed by atoms with Crippen molar-refractivity contribution in [1.29, 1.82) is 0 Å². The minimum atomic E-state index is -0.513. The number of halogens is 1. The number of carbonyl (C=O) groups is 1. The second kappa shape index (κ2) is 5.18. The molecule has 0 fully saturated rings. The average molecular weight is 302 g/mol. The van der Waals surface area contributed by atoms with Gasteiger partial charge < -0.3 is 10.5 Å². The summed E-state index contributed by atoms with van der Waals surface area (Å²) in [6.07, 6.45) is 1.52. The molecule has 0 aliphatic rings. The number of hydrogen-bond donors (Lipinski definition) is 1. The van der Waals surface area contributed by atoms with Gasteiger partial charge in [-0.05, 0) is 13.0 Å². The maximum Gasteiger partial charge on any atom is 0.342 e. The number of para-hydroxylation sites is 1. The van der Waals surface area contributed by atoms with Crippen molar-refractivity contribution in [3.63, 3.8) is 0 Å². The van der Waals surface area contributed by atoms with Crippen LogP contribution in [-0.4, -0.2) is 22.5 Å². The van der Waals surface area contributed by atoms with E-state index in [4.69, 9.17) is 22.1 Å². The lowest BCUT2D eigenvalue weighted by Crippen LogP contribution is -2.10. The van der Waals surface area contributed by atoms with Gasteiger partial charge in [-0.3, -0.25) is 0 Å². The van der Waals surface area contributed by atoms with Crippen LogP contribution in [0, 0.1) is 0 Å². The van der Waals surface area contributed by atoms with Crippen LogP contribution in [0.3, 0.4) is 0 Å². The quantitative estimate of drug-likeness (QED) is 0.447. The molecule has 0 amide bonds. The molecule has 0 saturated carbocycles. The van der Waals surface area contributed by atoms with Gasteiger partial charge in [0.1, 0.15) is 16.5 Å². The normalized spacial score (nSPS) is 11.0. The Morgan fingerprint density at radius 3 is 2.86 bits per heavy atom. The molecule has 3 rings (SSSR count). The predicted octanol–water partition coefficient (Wildman–Crippen LogP) is 3.20. The summed E-state index contributed by atoms with van der Waals surface area (Å²) in [6, 6.07) is 7.41. The smallest absolute Gasteiger partial charge is 0.342 e. The molecule has 21 heavy (non-hydrogen) atoms. The summed E-state index contributed by atoms with van der Waals surface area (Å²) < 4.78 is 5.08. The average Bonchev–Trinajstić information content (AvgIpc) is 2.47. The Morgan fingerprint density at radius 2 is 2.10 bits per heavy atom. The molecule has 3 aromatic rings. The van der Waals surface area contributed by atoms with Gasteiger partial charge in [-0.2, -0.15) is 0 Å². The molecule has 5 nitrogen and oxygen atoms in total. The molecule has 0 saturated heterocycles. The Balaban J connectivity index is 2.50. The monoisotopic (exact) mass is 301 g/mol. The van der Waals surface area contributed by atoms with Crippen LogP contribution < -0.4 is 5.73 Å². The molecule has 2 heterocycles. The molecule has 2 N–H and O–H groups in total. The fourth-order valence-electron chi connectivity index (χ4n) is 2.32. The third-order valence-electron chi connectivity index (χ3n) is 3.20. The Morgan fingerprint density at radius 1 is 1.33 bits per heavy atom. The van der Waals surface area contributed by atoms with Crippen molar-refractivity contribution in [2.75, 3.05) is 12.3 Å². The van der Waals surface area contributed by atoms with Gasteiger partial charge in [-0.1, -0.05) is 29.8 Å². The van der Waals surface area contributed by atoms with Crippen molar-refractivity contribution < 1.29 is 9.53 Å². The van der Waals surface area contributed by atoms with Crippen molar-refractivity contribution in [1.82, 2.24) is 9.97 Å². The molecule has 0 radical (unpaired) electrons. The molecule has 106 valence electrons. The molecule has 6 heteroatoms. The van der Waals surface area contributed by atoms with Crippen LogP contribution in [0.1, 0.15) is 17.3 Å². The molecular formula is C15H12ClN3O2. The molecule has 1 aromatic carbocycles. The first-order valence-corrected chi connectivity index (χ1v) is 6.80. The summed E-state index contributed by atoms with van der Waals surface area (Å²) in [6.45, 7) is 1.99. The van der Waals surface area contributed by atoms with Gasteiger partial charge >= 0.3 is 5.97 Å². The molecule has 0 bridgehead atoms. The van der Waals surface area contributed by atoms with Gasteiger partial charge in [0.2, 0.25) is 0 Å². The lowest BCUT2D eigenvalue weighted by atomic mass is 10.0. The van der Waals surface area contributed by atoms with Gasteiger partial charge in [-0.25, -0.2) is 14.8 Å². The molecule has 0 unspecified atom stereocenters. The minimum Gasteiger partial charge on any atom is -0.462 e. The molecule has 0 atom stereocenters. The van der Waals surface area contributed by atoms with Gasteiger partial charge in [0, 0.05) is 22.4 Å². The van der Waals surface area contributed by atoms with Crippen molar-refractivity contribution in [3.05, 3.63) is 41.2 Å². The second-order valence-corrected chi connectivity index (χ2v) is 4.81. The van der Waals surface area contributed by atoms with Gasteiger partial charge in [0.15, 0.2) is 0 Å². The number of carbonyl (C=O) groups excluding carboxylic acids is 1. The van der Waals surface area contributed by atoms with E-state index in [1.165, 1.54) is 6.20 Å². The number of nitrogens with two attached hydrogens (primary N) is 1. The summed E-state index contributed by atoms with van der Waals surface area (Å²) >= 11 is 6.20. The highest BCUT2D eigenvalue weighted by atomic mass is 35.5. The van der Waals surface area contributed by atoms with Crippen molar-refractivity contribution in [3.8, 4) is 0 Å². The van der Waals surface area contributed by atoms with Crippen LogP contribution in [0.5, 0.6) is 0 Å². The van der Waals surface area contributed by atoms with E-state index in [0.29, 0.717) is 16.3 Å². The van der Waals surface area contributed by atoms with Crippen molar-refractivity contribution >= 4 is 45.1 Å². The standard InChI is InChI=1S/C15H12ClN3O2/c1-2-21-15(20)12-11-8-5-3-4-6-10(8)19-13(16)9(11)7-18-14(12)17/h3-7H,2H2,1H3,(H2,17,18). The highest BCUT2D eigenvalue weighted by molar-refractivity contribution is 6.36. The van der Waals surface area contributed by atoms with Crippen LogP contribution in [0.2, 0.25) is 5.15 Å². The fraction of sp³-hybridized carbons (Fsp3) is 0.133. The van der Waals surface area contributed by atoms with E-state index in [1.54, 1.807) is 6.92 Å². The third-order valence-corrected chi connectivity index (χ3v) is 3.49. The van der Waals surface area contributed by atoms with Crippen LogP contribution in [0.15, 0.2) is 30.5 Å². The number of ether oxygens (including phenoxy) is 1. The maximum atomic E-state index is 12.2. The van der Waals surface area contributed by atoms with E-state index in [-0.39, 0.29) is 23.1 Å². The van der Waals surface area contributed by atoms with Crippen LogP contribution in [-0.2, 0) is 4.74 Å². The first-order chi connectivity index (χ1) is 10.1. The Bertz CT molecular complexity index is 864. The minimum absolute atomic E-state index is 0.119. The van der Waals surface area contributed by atoms with Crippen molar-refractivity contribution in [2.45, 2.75) is 6.92 Å². The number of esters is 1. The topological polar surface area (TPSA) is 78.1 Å². The van der Waals surface area contributed by atoms with Gasteiger partial charge in [0.05, 0.1) is 12.1 Å². The zero-order valence-corrected chi connectivity index (χ0v) is 12.0. The summed E-state index contributed by atoms with van der Waals surface area (Å²) in [7, 11) is 0. The van der Waals surface area contributed by atoms with E-state index in [0.717, 1.165) is 5.39 Å². The number of aromatic nitrogens is 2. The van der Waals surface area contributed by atoms with E-state index < -0.39 is 5.97 Å². The third kappa shape index (κ3) is 2.15. The van der Waals surface area contributed by atoms with Crippen LogP contribution in [0.25, 0.3) is 21.7 Å². The largest absolute Gasteiger partial charge is 0.462 e. The maximum absolute atomic E-state index is 12.2. The summed E-state index contributed by atoms with van der Waals surface area (Å²) in [4.78, 5) is 20.6. The SMILES string of the molecule is CCOC(=O)c1c(N)ncc2c(Cl)nc3ccccc3c12. The Hall–Kier alpha value is -2.40. The number of pyridine rings is 2. The number of nitrogen functional groups attached to an aromatic ring is 1. The lowest BCUT2D eigenvalue weighted by molar-refractivity contribution is 0.0529. The highest BCUT2D eigenvalue weighted by Crippen LogP contribution is 2.33. The number of rotatable bonds is 2. The molecule has 0 spiro atoms. The predicted molar refractivity (Wildman–Crippen MR) is 82.4 cm³/mol. The molecule has 0 aliphatic carbocycles. The van der Waals surface area contributed by atoms with Gasteiger partial charge in [0.25, 0.3) is 0 Å². The summed E-state index contributed by atoms with van der Waals surface area (Å²) in [5.41, 5.74) is 6.80. The van der Waals surface area contributed by atoms with E-state index in [1.807, 2.05) is 24.3 Å². The lowest BCUT2D eigenvalue weighted by Gasteiger charge is -2.11. The summed E-state index contributed by atoms with van der Waals surface area (Å²) in [5.74, 6) is -0.395. The fourth-order valence-corrected chi connectivity index (χ4v) is 2.55. The zero-order valence-electron chi connectivity index (χ0n) is 11.3. The highest BCUT2D eigenvalue weighted by Gasteiger charge is 2.20. The number of anilines is 1. The Labute approximate surface area is 125 Å². The zero-order chi connectivity index (χ0) is 15.0. The number of benzene rings is 1. The first-order valence-electron chi connectivity index (χ1n) is 6.43. The van der Waals surface area contributed by atoms with E-state index >= 15 is 0 Å².